The van der Waals surface area contributed by atoms with Crippen molar-refractivity contribution in [1.29, 1.82) is 0 Å². The van der Waals surface area contributed by atoms with Crippen molar-refractivity contribution in [2.24, 2.45) is 5.73 Å². The van der Waals surface area contributed by atoms with Gasteiger partial charge in [-0.2, -0.15) is 0 Å². The number of amides is 1. The quantitative estimate of drug-likeness (QED) is 0.656. The molecule has 1 aromatic carbocycles. The van der Waals surface area contributed by atoms with Crippen molar-refractivity contribution < 1.29 is 14.6 Å². The predicted octanol–water partition coefficient (Wildman–Crippen LogP) is 1.87. The van der Waals surface area contributed by atoms with E-state index in [0.29, 0.717) is 5.56 Å². The summed E-state index contributed by atoms with van der Waals surface area (Å²) < 4.78 is 0. The summed E-state index contributed by atoms with van der Waals surface area (Å²) in [4.78, 5) is 31.3. The van der Waals surface area contributed by atoms with E-state index < -0.39 is 27.1 Å². The van der Waals surface area contributed by atoms with Crippen LogP contribution in [-0.4, -0.2) is 15.8 Å². The summed E-state index contributed by atoms with van der Waals surface area (Å²) >= 11 is 0. The molecule has 1 aliphatic rings. The molecule has 8 heteroatoms. The fourth-order valence-corrected chi connectivity index (χ4v) is 2.16. The Balaban J connectivity index is 2.65. The first-order valence-electron chi connectivity index (χ1n) is 5.68. The molecule has 1 fully saturated rings. The van der Waals surface area contributed by atoms with Crippen molar-refractivity contribution in [3.05, 3.63) is 43.5 Å². The largest absolute Gasteiger partial charge is 0.366 e. The molecule has 0 saturated heterocycles. The zero-order valence-corrected chi connectivity index (χ0v) is 9.87. The van der Waals surface area contributed by atoms with E-state index in [0.717, 1.165) is 31.4 Å². The predicted molar refractivity (Wildman–Crippen MR) is 64.9 cm³/mol. The molecule has 0 radical (unpaired) electrons. The second-order valence-corrected chi connectivity index (χ2v) is 4.43. The van der Waals surface area contributed by atoms with Crippen molar-refractivity contribution in [2.45, 2.75) is 25.2 Å². The lowest BCUT2D eigenvalue weighted by Gasteiger charge is -2.26. The number of nitro benzene ring substituents is 2. The third-order valence-corrected chi connectivity index (χ3v) is 3.35. The fourth-order valence-electron chi connectivity index (χ4n) is 2.16. The van der Waals surface area contributed by atoms with Gasteiger partial charge in [0.25, 0.3) is 0 Å². The number of rotatable bonds is 4. The van der Waals surface area contributed by atoms with Gasteiger partial charge < -0.3 is 5.73 Å². The lowest BCUT2D eigenvalue weighted by atomic mass is 9.78. The maximum atomic E-state index is 11.4. The van der Waals surface area contributed by atoms with Gasteiger partial charge in [0.1, 0.15) is 0 Å². The van der Waals surface area contributed by atoms with E-state index in [-0.39, 0.29) is 11.5 Å². The number of primary amides is 1. The van der Waals surface area contributed by atoms with E-state index in [1.54, 1.807) is 0 Å². The summed E-state index contributed by atoms with van der Waals surface area (Å²) in [6, 6.07) is 2.02. The molecule has 8 nitrogen and oxygen atoms in total. The lowest BCUT2D eigenvalue weighted by Crippen LogP contribution is -2.19. The molecule has 2 rings (SSSR count). The second kappa shape index (κ2) is 4.63. The molecule has 0 aliphatic heterocycles. The molecule has 100 valence electrons. The molecule has 2 N–H and O–H groups in total. The van der Waals surface area contributed by atoms with E-state index in [1.807, 2.05) is 0 Å². The van der Waals surface area contributed by atoms with Gasteiger partial charge in [-0.3, -0.25) is 25.0 Å². The van der Waals surface area contributed by atoms with Gasteiger partial charge in [0.2, 0.25) is 5.91 Å². The molecular weight excluding hydrogens is 254 g/mol. The topological polar surface area (TPSA) is 129 Å². The Bertz CT molecular complexity index is 580. The molecule has 0 aromatic heterocycles. The highest BCUT2D eigenvalue weighted by Gasteiger charge is 2.32. The van der Waals surface area contributed by atoms with E-state index in [4.69, 9.17) is 5.73 Å². The Kier molecular flexibility index (Phi) is 3.16. The zero-order valence-electron chi connectivity index (χ0n) is 9.87. The van der Waals surface area contributed by atoms with Gasteiger partial charge in [-0.15, -0.1) is 0 Å². The highest BCUT2D eigenvalue weighted by atomic mass is 16.6. The van der Waals surface area contributed by atoms with Crippen molar-refractivity contribution in [3.63, 3.8) is 0 Å². The first kappa shape index (κ1) is 12.9. The minimum Gasteiger partial charge on any atom is -0.366 e. The number of carbonyl (C=O) groups is 1. The van der Waals surface area contributed by atoms with Crippen molar-refractivity contribution >= 4 is 17.3 Å². The second-order valence-electron chi connectivity index (χ2n) is 4.43. The van der Waals surface area contributed by atoms with Crippen LogP contribution in [0.2, 0.25) is 0 Å². The summed E-state index contributed by atoms with van der Waals surface area (Å²) in [5, 5.41) is 21.7. The average Bonchev–Trinajstić information content (AvgIpc) is 2.25. The molecule has 0 atom stereocenters. The van der Waals surface area contributed by atoms with Gasteiger partial charge in [0.15, 0.2) is 0 Å². The molecule has 19 heavy (non-hydrogen) atoms. The van der Waals surface area contributed by atoms with Crippen LogP contribution in [0.5, 0.6) is 0 Å². The van der Waals surface area contributed by atoms with E-state index in [1.165, 1.54) is 0 Å². The van der Waals surface area contributed by atoms with Crippen molar-refractivity contribution in [2.75, 3.05) is 0 Å². The maximum absolute atomic E-state index is 11.4. The third-order valence-electron chi connectivity index (χ3n) is 3.35. The number of nitrogens with zero attached hydrogens (tertiary/aromatic N) is 2. The van der Waals surface area contributed by atoms with Gasteiger partial charge in [-0.1, -0.05) is 6.42 Å². The fraction of sp³-hybridized carbons (Fsp3) is 0.364. The highest BCUT2D eigenvalue weighted by molar-refractivity contribution is 5.96. The standard InChI is InChI=1S/C11H11N3O5/c12-11(15)8-5-10(14(18)19)9(13(16)17)4-7(8)6-2-1-3-6/h4-6H,1-3H2,(H2,12,15). The minimum atomic E-state index is -0.880. The molecule has 1 amide bonds. The van der Waals surface area contributed by atoms with Crippen LogP contribution >= 0.6 is 0 Å². The molecule has 0 heterocycles. The van der Waals surface area contributed by atoms with Gasteiger partial charge in [0, 0.05) is 17.7 Å². The summed E-state index contributed by atoms with van der Waals surface area (Å²) in [5.74, 6) is -0.790. The smallest absolute Gasteiger partial charge is 0.346 e. The molecule has 0 spiro atoms. The summed E-state index contributed by atoms with van der Waals surface area (Å²) in [6.07, 6.45) is 2.57. The zero-order chi connectivity index (χ0) is 14.2. The van der Waals surface area contributed by atoms with Crippen LogP contribution in [0.25, 0.3) is 0 Å². The summed E-state index contributed by atoms with van der Waals surface area (Å²) in [5.41, 5.74) is 4.33. The summed E-state index contributed by atoms with van der Waals surface area (Å²) in [6.45, 7) is 0. The van der Waals surface area contributed by atoms with E-state index in [2.05, 4.69) is 0 Å². The van der Waals surface area contributed by atoms with E-state index in [9.17, 15) is 25.0 Å². The van der Waals surface area contributed by atoms with Gasteiger partial charge >= 0.3 is 11.4 Å². The number of nitrogens with two attached hydrogens (primary N) is 1. The normalized spacial score (nSPS) is 14.7. The molecule has 0 bridgehead atoms. The summed E-state index contributed by atoms with van der Waals surface area (Å²) in [7, 11) is 0. The van der Waals surface area contributed by atoms with Crippen LogP contribution in [-0.2, 0) is 0 Å². The Hall–Kier alpha value is -2.51. The van der Waals surface area contributed by atoms with Gasteiger partial charge in [-0.05, 0) is 24.3 Å². The Morgan fingerprint density at radius 3 is 2.05 bits per heavy atom. The number of nitro groups is 2. The van der Waals surface area contributed by atoms with Crippen molar-refractivity contribution in [3.8, 4) is 0 Å². The minimum absolute atomic E-state index is 0.00185. The highest BCUT2D eigenvalue weighted by Crippen LogP contribution is 2.41. The van der Waals surface area contributed by atoms with Crippen LogP contribution in [0.15, 0.2) is 12.1 Å². The number of hydrogen-bond donors (Lipinski definition) is 1. The first-order chi connectivity index (χ1) is 8.91. The molecule has 1 aliphatic carbocycles. The molecule has 1 saturated carbocycles. The van der Waals surface area contributed by atoms with Crippen LogP contribution in [0.1, 0.15) is 41.1 Å². The van der Waals surface area contributed by atoms with E-state index >= 15 is 0 Å². The SMILES string of the molecule is NC(=O)c1cc([N+](=O)[O-])c([N+](=O)[O-])cc1C1CCC1. The number of benzene rings is 1. The molecule has 1 aromatic rings. The number of carbonyl (C=O) groups excluding carboxylic acids is 1. The maximum Gasteiger partial charge on any atom is 0.346 e. The van der Waals surface area contributed by atoms with Crippen LogP contribution < -0.4 is 5.73 Å². The Morgan fingerprint density at radius 1 is 1.16 bits per heavy atom. The molecule has 0 unspecified atom stereocenters. The van der Waals surface area contributed by atoms with Crippen LogP contribution in [0, 0.1) is 20.2 Å². The Labute approximate surface area is 107 Å². The third kappa shape index (κ3) is 2.24. The molecular formula is C11H11N3O5. The lowest BCUT2D eigenvalue weighted by molar-refractivity contribution is -0.422. The average molecular weight is 265 g/mol. The van der Waals surface area contributed by atoms with Crippen molar-refractivity contribution in [1.82, 2.24) is 0 Å². The van der Waals surface area contributed by atoms with Crippen LogP contribution in [0.4, 0.5) is 11.4 Å². The Morgan fingerprint density at radius 2 is 1.68 bits per heavy atom. The first-order valence-corrected chi connectivity index (χ1v) is 5.68. The monoisotopic (exact) mass is 265 g/mol. The van der Waals surface area contributed by atoms with Crippen LogP contribution in [0.3, 0.4) is 0 Å². The number of hydrogen-bond acceptors (Lipinski definition) is 5. The van der Waals surface area contributed by atoms with Gasteiger partial charge in [-0.25, -0.2) is 0 Å². The van der Waals surface area contributed by atoms with Gasteiger partial charge in [0.05, 0.1) is 9.85 Å².